The molecule has 2 aromatic carbocycles. The molecular formula is C15H9F2N3O2. The maximum atomic E-state index is 13.7. The lowest BCUT2D eigenvalue weighted by Crippen LogP contribution is -1.98. The second kappa shape index (κ2) is 5.36. The molecule has 5 nitrogen and oxygen atoms in total. The molecule has 0 bridgehead atoms. The highest BCUT2D eigenvalue weighted by Gasteiger charge is 2.11. The van der Waals surface area contributed by atoms with Gasteiger partial charge in [-0.15, -0.1) is 5.10 Å². The van der Waals surface area contributed by atoms with Gasteiger partial charge in [0.15, 0.2) is 0 Å². The quantitative estimate of drug-likeness (QED) is 0.807. The Morgan fingerprint density at radius 3 is 2.45 bits per heavy atom. The summed E-state index contributed by atoms with van der Waals surface area (Å²) in [7, 11) is 0. The van der Waals surface area contributed by atoms with Crippen LogP contribution in [0, 0.1) is 11.6 Å². The number of aromatic nitrogens is 3. The fraction of sp³-hybridized carbons (Fsp3) is 0. The van der Waals surface area contributed by atoms with Crippen molar-refractivity contribution in [2.75, 3.05) is 0 Å². The summed E-state index contributed by atoms with van der Waals surface area (Å²) in [6.07, 6.45) is 1.48. The molecule has 0 saturated carbocycles. The van der Waals surface area contributed by atoms with Gasteiger partial charge in [0.25, 0.3) is 0 Å². The minimum atomic E-state index is -1.03. The Balaban J connectivity index is 1.95. The van der Waals surface area contributed by atoms with Gasteiger partial charge >= 0.3 is 5.97 Å². The Morgan fingerprint density at radius 2 is 1.82 bits per heavy atom. The van der Waals surface area contributed by atoms with Crippen LogP contribution in [0.3, 0.4) is 0 Å². The smallest absolute Gasteiger partial charge is 0.335 e. The molecule has 0 spiro atoms. The van der Waals surface area contributed by atoms with Gasteiger partial charge in [0.05, 0.1) is 17.4 Å². The molecule has 22 heavy (non-hydrogen) atoms. The zero-order chi connectivity index (χ0) is 15.7. The van der Waals surface area contributed by atoms with Crippen molar-refractivity contribution < 1.29 is 18.7 Å². The van der Waals surface area contributed by atoms with Gasteiger partial charge in [-0.05, 0) is 36.4 Å². The Hall–Kier alpha value is -3.09. The summed E-state index contributed by atoms with van der Waals surface area (Å²) in [6, 6.07) is 9.17. The molecule has 0 unspecified atom stereocenters. The van der Waals surface area contributed by atoms with Gasteiger partial charge in [-0.3, -0.25) is 0 Å². The second-order valence-corrected chi connectivity index (χ2v) is 4.52. The van der Waals surface area contributed by atoms with E-state index in [0.717, 1.165) is 12.1 Å². The molecule has 1 aromatic heterocycles. The number of halogens is 2. The number of carboxylic acid groups (broad SMARTS) is 1. The zero-order valence-electron chi connectivity index (χ0n) is 11.1. The molecular weight excluding hydrogens is 292 g/mol. The summed E-state index contributed by atoms with van der Waals surface area (Å²) in [4.78, 5) is 10.8. The predicted octanol–water partition coefficient (Wildman–Crippen LogP) is 2.91. The van der Waals surface area contributed by atoms with Gasteiger partial charge in [0, 0.05) is 11.6 Å². The van der Waals surface area contributed by atoms with E-state index in [1.807, 2.05) is 0 Å². The van der Waals surface area contributed by atoms with E-state index >= 15 is 0 Å². The molecule has 3 rings (SSSR count). The summed E-state index contributed by atoms with van der Waals surface area (Å²) in [5.74, 6) is -2.43. The fourth-order valence-electron chi connectivity index (χ4n) is 1.97. The number of hydrogen-bond acceptors (Lipinski definition) is 3. The maximum absolute atomic E-state index is 13.7. The predicted molar refractivity (Wildman–Crippen MR) is 73.7 cm³/mol. The topological polar surface area (TPSA) is 68.0 Å². The molecule has 0 aliphatic heterocycles. The molecule has 0 fully saturated rings. The van der Waals surface area contributed by atoms with Crippen LogP contribution in [0.5, 0.6) is 0 Å². The van der Waals surface area contributed by atoms with Gasteiger partial charge in [0.1, 0.15) is 17.3 Å². The van der Waals surface area contributed by atoms with Gasteiger partial charge < -0.3 is 5.11 Å². The van der Waals surface area contributed by atoms with E-state index in [1.54, 1.807) is 12.1 Å². The van der Waals surface area contributed by atoms with Crippen LogP contribution >= 0.6 is 0 Å². The van der Waals surface area contributed by atoms with E-state index < -0.39 is 17.6 Å². The Labute approximate surface area is 123 Å². The third-order valence-electron chi connectivity index (χ3n) is 3.08. The molecule has 0 atom stereocenters. The zero-order valence-corrected chi connectivity index (χ0v) is 11.1. The van der Waals surface area contributed by atoms with Crippen LogP contribution in [-0.2, 0) is 0 Å². The number of carboxylic acids is 1. The molecule has 0 aliphatic carbocycles. The highest BCUT2D eigenvalue weighted by Crippen LogP contribution is 2.22. The number of nitrogens with zero attached hydrogens (tertiary/aromatic N) is 3. The average Bonchev–Trinajstić information content (AvgIpc) is 2.97. The largest absolute Gasteiger partial charge is 0.478 e. The Kier molecular flexibility index (Phi) is 3.38. The third-order valence-corrected chi connectivity index (χ3v) is 3.08. The molecule has 7 heteroatoms. The molecule has 1 N–H and O–H groups in total. The van der Waals surface area contributed by atoms with Gasteiger partial charge in [-0.2, -0.15) is 0 Å². The summed E-state index contributed by atoms with van der Waals surface area (Å²) in [6.45, 7) is 0. The average molecular weight is 301 g/mol. The number of carbonyl (C=O) groups is 1. The van der Waals surface area contributed by atoms with Crippen molar-refractivity contribution in [2.24, 2.45) is 0 Å². The van der Waals surface area contributed by atoms with E-state index in [9.17, 15) is 13.6 Å². The van der Waals surface area contributed by atoms with Crippen LogP contribution in [0.2, 0.25) is 0 Å². The fourth-order valence-corrected chi connectivity index (χ4v) is 1.97. The molecule has 3 aromatic rings. The molecule has 0 amide bonds. The lowest BCUT2D eigenvalue weighted by Gasteiger charge is -2.00. The number of benzene rings is 2. The lowest BCUT2D eigenvalue weighted by atomic mass is 10.1. The van der Waals surface area contributed by atoms with Crippen molar-refractivity contribution >= 4 is 5.97 Å². The Bertz CT molecular complexity index is 844. The summed E-state index contributed by atoms with van der Waals surface area (Å²) >= 11 is 0. The van der Waals surface area contributed by atoms with Crippen LogP contribution in [0.15, 0.2) is 48.7 Å². The number of hydrogen-bond donors (Lipinski definition) is 1. The van der Waals surface area contributed by atoms with Gasteiger partial charge in [-0.1, -0.05) is 5.21 Å². The van der Waals surface area contributed by atoms with Crippen LogP contribution in [0.4, 0.5) is 8.78 Å². The minimum Gasteiger partial charge on any atom is -0.478 e. The minimum absolute atomic E-state index is 0.134. The first-order valence-corrected chi connectivity index (χ1v) is 6.26. The van der Waals surface area contributed by atoms with E-state index in [2.05, 4.69) is 10.3 Å². The van der Waals surface area contributed by atoms with Gasteiger partial charge in [-0.25, -0.2) is 18.3 Å². The highest BCUT2D eigenvalue weighted by molar-refractivity contribution is 5.87. The molecule has 0 saturated heterocycles. The van der Waals surface area contributed by atoms with Crippen LogP contribution < -0.4 is 0 Å². The summed E-state index contributed by atoms with van der Waals surface area (Å²) < 4.78 is 28.0. The van der Waals surface area contributed by atoms with E-state index in [-0.39, 0.29) is 16.8 Å². The highest BCUT2D eigenvalue weighted by atomic mass is 19.1. The molecule has 110 valence electrons. The maximum Gasteiger partial charge on any atom is 0.335 e. The first kappa shape index (κ1) is 13.9. The first-order chi connectivity index (χ1) is 10.5. The number of rotatable bonds is 3. The van der Waals surface area contributed by atoms with E-state index in [0.29, 0.717) is 5.69 Å². The summed E-state index contributed by atoms with van der Waals surface area (Å²) in [5.41, 5.74) is 1.11. The van der Waals surface area contributed by atoms with E-state index in [1.165, 1.54) is 29.1 Å². The van der Waals surface area contributed by atoms with Crippen LogP contribution in [-0.4, -0.2) is 26.1 Å². The molecule has 0 aliphatic rings. The lowest BCUT2D eigenvalue weighted by molar-refractivity contribution is 0.0697. The van der Waals surface area contributed by atoms with Crippen molar-refractivity contribution in [3.8, 4) is 16.9 Å². The van der Waals surface area contributed by atoms with Crippen molar-refractivity contribution in [3.63, 3.8) is 0 Å². The Morgan fingerprint density at radius 1 is 1.09 bits per heavy atom. The molecule has 1 heterocycles. The normalized spacial score (nSPS) is 10.6. The third kappa shape index (κ3) is 2.56. The van der Waals surface area contributed by atoms with Crippen LogP contribution in [0.1, 0.15) is 10.4 Å². The SMILES string of the molecule is O=C(O)c1ccc(-n2cc(-c3ccc(F)cc3F)nn2)cc1. The van der Waals surface area contributed by atoms with Crippen molar-refractivity contribution in [1.82, 2.24) is 15.0 Å². The van der Waals surface area contributed by atoms with Crippen molar-refractivity contribution in [2.45, 2.75) is 0 Å². The standard InChI is InChI=1S/C15H9F2N3O2/c16-10-3-6-12(13(17)7-10)14-8-20(19-18-14)11-4-1-9(2-5-11)15(21)22/h1-8H,(H,21,22). The van der Waals surface area contributed by atoms with Crippen LogP contribution in [0.25, 0.3) is 16.9 Å². The second-order valence-electron chi connectivity index (χ2n) is 4.52. The first-order valence-electron chi connectivity index (χ1n) is 6.26. The van der Waals surface area contributed by atoms with E-state index in [4.69, 9.17) is 5.11 Å². The monoisotopic (exact) mass is 301 g/mol. The molecule has 0 radical (unpaired) electrons. The van der Waals surface area contributed by atoms with Crippen molar-refractivity contribution in [3.05, 3.63) is 65.9 Å². The number of aromatic carboxylic acids is 1. The summed E-state index contributed by atoms with van der Waals surface area (Å²) in [5, 5.41) is 16.5. The van der Waals surface area contributed by atoms with Gasteiger partial charge in [0.2, 0.25) is 0 Å². The van der Waals surface area contributed by atoms with Crippen molar-refractivity contribution in [1.29, 1.82) is 0 Å².